The lowest BCUT2D eigenvalue weighted by Crippen LogP contribution is -1.81. The van der Waals surface area contributed by atoms with Gasteiger partial charge in [-0.1, -0.05) is 39.4 Å². The quantitative estimate of drug-likeness (QED) is 0.826. The second-order valence-corrected chi connectivity index (χ2v) is 4.60. The Hall–Kier alpha value is -0.580. The van der Waals surface area contributed by atoms with Crippen molar-refractivity contribution in [2.75, 3.05) is 0 Å². The number of aliphatic hydroxyl groups excluding tert-OH is 1. The van der Waals surface area contributed by atoms with Crippen LogP contribution in [0.2, 0.25) is 0 Å². The zero-order valence-corrected chi connectivity index (χ0v) is 9.73. The number of alkyl halides is 1. The number of rotatable bonds is 2. The van der Waals surface area contributed by atoms with Crippen LogP contribution in [0.5, 0.6) is 5.06 Å². The van der Waals surface area contributed by atoms with Gasteiger partial charge in [0, 0.05) is 21.0 Å². The van der Waals surface area contributed by atoms with Gasteiger partial charge < -0.3 is 10.2 Å². The maximum atomic E-state index is 9.62. The van der Waals surface area contributed by atoms with Gasteiger partial charge in [-0.2, -0.15) is 0 Å². The molecule has 74 valence electrons. The highest BCUT2D eigenvalue weighted by atomic mass is 79.9. The minimum Gasteiger partial charge on any atom is -0.499 e. The van der Waals surface area contributed by atoms with E-state index in [4.69, 9.17) is 5.11 Å². The minimum atomic E-state index is 0.0399. The first kappa shape index (κ1) is 9.96. The van der Waals surface area contributed by atoms with Crippen molar-refractivity contribution in [2.24, 2.45) is 0 Å². The summed E-state index contributed by atoms with van der Waals surface area (Å²) in [4.78, 5) is 0. The van der Waals surface area contributed by atoms with E-state index in [1.165, 1.54) is 11.3 Å². The molecule has 2 rings (SSSR count). The Bertz CT molecular complexity index is 464. The van der Waals surface area contributed by atoms with Crippen LogP contribution in [0.4, 0.5) is 0 Å². The Labute approximate surface area is 93.9 Å². The monoisotopic (exact) mass is 272 g/mol. The van der Waals surface area contributed by atoms with Crippen LogP contribution in [-0.4, -0.2) is 10.2 Å². The van der Waals surface area contributed by atoms with Crippen LogP contribution in [0, 0.1) is 0 Å². The summed E-state index contributed by atoms with van der Waals surface area (Å²) in [5.74, 6) is 0. The molecule has 0 aliphatic carbocycles. The summed E-state index contributed by atoms with van der Waals surface area (Å²) in [5, 5.41) is 20.6. The van der Waals surface area contributed by atoms with E-state index in [1.807, 2.05) is 18.2 Å². The SMILES string of the molecule is OCc1ccc2c(CBr)c(O)sc2c1. The summed E-state index contributed by atoms with van der Waals surface area (Å²) < 4.78 is 1.02. The summed E-state index contributed by atoms with van der Waals surface area (Å²) in [5.41, 5.74) is 1.80. The minimum absolute atomic E-state index is 0.0399. The second-order valence-electron chi connectivity index (χ2n) is 3.01. The molecule has 0 saturated carbocycles. The summed E-state index contributed by atoms with van der Waals surface area (Å²) >= 11 is 4.69. The molecule has 0 fully saturated rings. The van der Waals surface area contributed by atoms with Crippen molar-refractivity contribution in [3.05, 3.63) is 29.3 Å². The number of hydrogen-bond donors (Lipinski definition) is 2. The van der Waals surface area contributed by atoms with Crippen LogP contribution in [0.1, 0.15) is 11.1 Å². The predicted octanol–water partition coefficient (Wildman–Crippen LogP) is 2.99. The molecule has 2 N–H and O–H groups in total. The Morgan fingerprint density at radius 2 is 2.14 bits per heavy atom. The molecule has 1 aromatic heterocycles. The van der Waals surface area contributed by atoms with Crippen molar-refractivity contribution in [3.63, 3.8) is 0 Å². The first-order chi connectivity index (χ1) is 6.76. The number of thiophene rings is 1. The van der Waals surface area contributed by atoms with Gasteiger partial charge in [0.05, 0.1) is 6.61 Å². The van der Waals surface area contributed by atoms with Gasteiger partial charge in [0.1, 0.15) is 0 Å². The zero-order chi connectivity index (χ0) is 10.1. The number of hydrogen-bond acceptors (Lipinski definition) is 3. The smallest absolute Gasteiger partial charge is 0.176 e. The molecule has 0 amide bonds. The van der Waals surface area contributed by atoms with Crippen LogP contribution in [0.25, 0.3) is 10.1 Å². The number of fused-ring (bicyclic) bond motifs is 1. The molecule has 14 heavy (non-hydrogen) atoms. The third-order valence-electron chi connectivity index (χ3n) is 2.15. The summed E-state index contributed by atoms with van der Waals surface area (Å²) in [6.07, 6.45) is 0. The average Bonchev–Trinajstić information content (AvgIpc) is 2.51. The largest absolute Gasteiger partial charge is 0.499 e. The van der Waals surface area contributed by atoms with Crippen molar-refractivity contribution in [1.29, 1.82) is 0 Å². The Morgan fingerprint density at radius 1 is 1.36 bits per heavy atom. The van der Waals surface area contributed by atoms with E-state index in [-0.39, 0.29) is 6.61 Å². The second kappa shape index (κ2) is 3.88. The number of aliphatic hydroxyl groups is 1. The van der Waals surface area contributed by atoms with E-state index >= 15 is 0 Å². The van der Waals surface area contributed by atoms with Crippen molar-refractivity contribution in [3.8, 4) is 5.06 Å². The number of benzene rings is 1. The van der Waals surface area contributed by atoms with E-state index in [0.29, 0.717) is 10.4 Å². The average molecular weight is 273 g/mol. The van der Waals surface area contributed by atoms with Gasteiger partial charge in [-0.15, -0.1) is 0 Å². The molecule has 0 spiro atoms. The highest BCUT2D eigenvalue weighted by Crippen LogP contribution is 2.38. The maximum absolute atomic E-state index is 9.62. The van der Waals surface area contributed by atoms with Gasteiger partial charge in [-0.3, -0.25) is 0 Å². The Balaban J connectivity index is 2.68. The zero-order valence-electron chi connectivity index (χ0n) is 7.33. The third-order valence-corrected chi connectivity index (χ3v) is 3.71. The molecule has 4 heteroatoms. The summed E-state index contributed by atoms with van der Waals surface area (Å²) in [6.45, 7) is 0.0399. The first-order valence-electron chi connectivity index (χ1n) is 4.16. The van der Waals surface area contributed by atoms with E-state index < -0.39 is 0 Å². The highest BCUT2D eigenvalue weighted by molar-refractivity contribution is 9.08. The summed E-state index contributed by atoms with van der Waals surface area (Å²) in [6, 6.07) is 5.72. The molecule has 2 aromatic rings. The fourth-order valence-electron chi connectivity index (χ4n) is 1.41. The van der Waals surface area contributed by atoms with Crippen LogP contribution >= 0.6 is 27.3 Å². The fourth-order valence-corrected chi connectivity index (χ4v) is 3.19. The van der Waals surface area contributed by atoms with Gasteiger partial charge in [0.25, 0.3) is 0 Å². The lowest BCUT2D eigenvalue weighted by molar-refractivity contribution is 0.282. The van der Waals surface area contributed by atoms with E-state index in [2.05, 4.69) is 15.9 Å². The van der Waals surface area contributed by atoms with Gasteiger partial charge in [-0.05, 0) is 11.6 Å². The lowest BCUT2D eigenvalue weighted by Gasteiger charge is -1.96. The van der Waals surface area contributed by atoms with Crippen LogP contribution < -0.4 is 0 Å². The Morgan fingerprint density at radius 3 is 2.79 bits per heavy atom. The predicted molar refractivity (Wildman–Crippen MR) is 62.0 cm³/mol. The molecular formula is C10H9BrO2S. The third kappa shape index (κ3) is 1.54. The molecule has 0 saturated heterocycles. The van der Waals surface area contributed by atoms with E-state index in [0.717, 1.165) is 21.2 Å². The summed E-state index contributed by atoms with van der Waals surface area (Å²) in [7, 11) is 0. The molecule has 0 unspecified atom stereocenters. The normalized spacial score (nSPS) is 11.0. The number of halogens is 1. The van der Waals surface area contributed by atoms with Gasteiger partial charge >= 0.3 is 0 Å². The molecule has 0 aliphatic heterocycles. The molecule has 0 radical (unpaired) electrons. The fraction of sp³-hybridized carbons (Fsp3) is 0.200. The first-order valence-corrected chi connectivity index (χ1v) is 6.10. The molecule has 0 bridgehead atoms. The van der Waals surface area contributed by atoms with Gasteiger partial charge in [0.15, 0.2) is 5.06 Å². The van der Waals surface area contributed by atoms with E-state index in [9.17, 15) is 5.11 Å². The highest BCUT2D eigenvalue weighted by Gasteiger charge is 2.09. The Kier molecular flexibility index (Phi) is 2.76. The maximum Gasteiger partial charge on any atom is 0.176 e. The van der Waals surface area contributed by atoms with Crippen molar-refractivity contribution >= 4 is 37.4 Å². The van der Waals surface area contributed by atoms with Crippen molar-refractivity contribution in [1.82, 2.24) is 0 Å². The lowest BCUT2D eigenvalue weighted by atomic mass is 10.1. The van der Waals surface area contributed by atoms with E-state index in [1.54, 1.807) is 0 Å². The molecule has 1 aromatic carbocycles. The van der Waals surface area contributed by atoms with Crippen molar-refractivity contribution < 1.29 is 10.2 Å². The topological polar surface area (TPSA) is 40.5 Å². The molecule has 0 aliphatic rings. The molecule has 0 atom stereocenters. The molecular weight excluding hydrogens is 264 g/mol. The van der Waals surface area contributed by atoms with Gasteiger partial charge in [0.2, 0.25) is 0 Å². The number of aromatic hydroxyl groups is 1. The standard InChI is InChI=1S/C10H9BrO2S/c11-4-8-7-2-1-6(5-12)3-9(7)14-10(8)13/h1-3,12-13H,4-5H2. The molecule has 1 heterocycles. The van der Waals surface area contributed by atoms with Crippen LogP contribution in [-0.2, 0) is 11.9 Å². The van der Waals surface area contributed by atoms with Crippen molar-refractivity contribution in [2.45, 2.75) is 11.9 Å². The van der Waals surface area contributed by atoms with Crippen LogP contribution in [0.15, 0.2) is 18.2 Å². The molecule has 2 nitrogen and oxygen atoms in total. The van der Waals surface area contributed by atoms with Crippen LogP contribution in [0.3, 0.4) is 0 Å². The van der Waals surface area contributed by atoms with Gasteiger partial charge in [-0.25, -0.2) is 0 Å².